The maximum Gasteiger partial charge on any atom is 0.200 e. The van der Waals surface area contributed by atoms with Crippen molar-refractivity contribution < 1.29 is 14.2 Å². The van der Waals surface area contributed by atoms with Crippen LogP contribution in [0.25, 0.3) is 22.0 Å². The quantitative estimate of drug-likeness (QED) is 0.633. The number of ether oxygens (including phenoxy) is 3. The Hall–Kier alpha value is -3.21. The number of fused-ring (bicyclic) bond motifs is 1. The van der Waals surface area contributed by atoms with Crippen molar-refractivity contribution in [1.29, 1.82) is 0 Å². The number of nitrogens with zero attached hydrogens (tertiary/aromatic N) is 1. The van der Waals surface area contributed by atoms with Crippen molar-refractivity contribution in [3.05, 3.63) is 65.5 Å². The molecule has 26 heavy (non-hydrogen) atoms. The highest BCUT2D eigenvalue weighted by Crippen LogP contribution is 2.31. The van der Waals surface area contributed by atoms with Crippen molar-refractivity contribution in [2.45, 2.75) is 6.54 Å². The molecule has 0 unspecified atom stereocenters. The van der Waals surface area contributed by atoms with Crippen LogP contribution in [-0.2, 0) is 6.54 Å². The Balaban J connectivity index is 2.35. The van der Waals surface area contributed by atoms with Crippen LogP contribution >= 0.6 is 0 Å². The van der Waals surface area contributed by atoms with Crippen LogP contribution in [0.1, 0.15) is 0 Å². The lowest BCUT2D eigenvalue weighted by molar-refractivity contribution is 0.397. The number of hydrogen-bond acceptors (Lipinski definition) is 4. The van der Waals surface area contributed by atoms with Crippen molar-refractivity contribution in [1.82, 2.24) is 4.57 Å². The van der Waals surface area contributed by atoms with Crippen LogP contribution in [0.3, 0.4) is 0 Å². The molecule has 5 nitrogen and oxygen atoms in total. The van der Waals surface area contributed by atoms with E-state index in [0.717, 1.165) is 16.8 Å². The van der Waals surface area contributed by atoms with Gasteiger partial charge in [-0.3, -0.25) is 4.79 Å². The van der Waals surface area contributed by atoms with Gasteiger partial charge in [-0.25, -0.2) is 0 Å². The zero-order valence-corrected chi connectivity index (χ0v) is 15.1. The van der Waals surface area contributed by atoms with Gasteiger partial charge in [0.1, 0.15) is 17.2 Å². The topological polar surface area (TPSA) is 49.7 Å². The predicted octanol–water partition coefficient (Wildman–Crippen LogP) is 3.88. The largest absolute Gasteiger partial charge is 0.497 e. The van der Waals surface area contributed by atoms with E-state index in [2.05, 4.69) is 6.58 Å². The molecule has 0 atom stereocenters. The van der Waals surface area contributed by atoms with E-state index in [0.29, 0.717) is 29.0 Å². The van der Waals surface area contributed by atoms with Gasteiger partial charge in [-0.2, -0.15) is 0 Å². The van der Waals surface area contributed by atoms with E-state index < -0.39 is 0 Å². The summed E-state index contributed by atoms with van der Waals surface area (Å²) < 4.78 is 18.0. The standard InChI is InChI=1S/C21H21NO4/c1-5-10-22-13-17(14-6-8-15(24-2)9-7-14)21(23)20-18(22)11-16(25-3)12-19(20)26-4/h5-9,11-13H,1,10H2,2-4H3. The van der Waals surface area contributed by atoms with Crippen molar-refractivity contribution >= 4 is 10.9 Å². The minimum atomic E-state index is -0.0926. The zero-order chi connectivity index (χ0) is 18.7. The molecule has 0 aliphatic heterocycles. The average molecular weight is 351 g/mol. The van der Waals surface area contributed by atoms with E-state index in [1.807, 2.05) is 41.1 Å². The number of rotatable bonds is 6. The second kappa shape index (κ2) is 7.35. The highest BCUT2D eigenvalue weighted by Gasteiger charge is 2.16. The smallest absolute Gasteiger partial charge is 0.200 e. The number of hydrogen-bond donors (Lipinski definition) is 0. The fourth-order valence-corrected chi connectivity index (χ4v) is 2.99. The first-order valence-corrected chi connectivity index (χ1v) is 8.17. The van der Waals surface area contributed by atoms with Gasteiger partial charge in [-0.05, 0) is 17.7 Å². The van der Waals surface area contributed by atoms with Gasteiger partial charge < -0.3 is 18.8 Å². The van der Waals surface area contributed by atoms with Crippen LogP contribution < -0.4 is 19.6 Å². The van der Waals surface area contributed by atoms with E-state index in [-0.39, 0.29) is 5.43 Å². The summed E-state index contributed by atoms with van der Waals surface area (Å²) in [7, 11) is 4.74. The SMILES string of the molecule is C=CCn1cc(-c2ccc(OC)cc2)c(=O)c2c(OC)cc(OC)cc21. The molecule has 134 valence electrons. The molecule has 0 aliphatic rings. The third-order valence-electron chi connectivity index (χ3n) is 4.30. The Bertz CT molecular complexity index is 1000. The van der Waals surface area contributed by atoms with Gasteiger partial charge in [0, 0.05) is 30.4 Å². The van der Waals surface area contributed by atoms with Crippen molar-refractivity contribution in [2.24, 2.45) is 0 Å². The maximum absolute atomic E-state index is 13.2. The number of pyridine rings is 1. The first kappa shape index (κ1) is 17.6. The van der Waals surface area contributed by atoms with Crippen molar-refractivity contribution in [3.63, 3.8) is 0 Å². The first-order valence-electron chi connectivity index (χ1n) is 8.17. The molecular weight excluding hydrogens is 330 g/mol. The summed E-state index contributed by atoms with van der Waals surface area (Å²) in [6.07, 6.45) is 3.63. The molecule has 0 N–H and O–H groups in total. The molecular formula is C21H21NO4. The average Bonchev–Trinajstić information content (AvgIpc) is 2.69. The minimum absolute atomic E-state index is 0.0926. The molecule has 1 heterocycles. The molecule has 0 saturated carbocycles. The summed E-state index contributed by atoms with van der Waals surface area (Å²) in [6, 6.07) is 11.0. The Kier molecular flexibility index (Phi) is 4.98. The molecule has 0 spiro atoms. The van der Waals surface area contributed by atoms with Gasteiger partial charge in [0.15, 0.2) is 0 Å². The lowest BCUT2D eigenvalue weighted by Crippen LogP contribution is -2.13. The normalized spacial score (nSPS) is 10.6. The lowest BCUT2D eigenvalue weighted by Gasteiger charge is -2.15. The molecule has 0 amide bonds. The van der Waals surface area contributed by atoms with Crippen LogP contribution in [0.15, 0.2) is 60.0 Å². The molecule has 0 radical (unpaired) electrons. The number of benzene rings is 2. The summed E-state index contributed by atoms with van der Waals surface area (Å²) in [4.78, 5) is 13.2. The van der Waals surface area contributed by atoms with Crippen LogP contribution in [0.4, 0.5) is 0 Å². The van der Waals surface area contributed by atoms with Crippen molar-refractivity contribution in [3.8, 4) is 28.4 Å². The molecule has 3 rings (SSSR count). The lowest BCUT2D eigenvalue weighted by atomic mass is 10.0. The number of allylic oxidation sites excluding steroid dienone is 1. The second-order valence-electron chi connectivity index (χ2n) is 5.77. The molecule has 2 aromatic carbocycles. The van der Waals surface area contributed by atoms with Gasteiger partial charge in [0.2, 0.25) is 5.43 Å². The van der Waals surface area contributed by atoms with E-state index >= 15 is 0 Å². The molecule has 0 bridgehead atoms. The van der Waals surface area contributed by atoms with Gasteiger partial charge in [0.05, 0.1) is 32.2 Å². The zero-order valence-electron chi connectivity index (χ0n) is 15.1. The monoisotopic (exact) mass is 351 g/mol. The van der Waals surface area contributed by atoms with Gasteiger partial charge in [0.25, 0.3) is 0 Å². The molecule has 0 fully saturated rings. The summed E-state index contributed by atoms with van der Waals surface area (Å²) in [5.41, 5.74) is 2.05. The van der Waals surface area contributed by atoms with E-state index in [9.17, 15) is 4.79 Å². The summed E-state index contributed by atoms with van der Waals surface area (Å²) in [5, 5.41) is 0.517. The Labute approximate surface area is 152 Å². The van der Waals surface area contributed by atoms with Crippen LogP contribution in [0, 0.1) is 0 Å². The van der Waals surface area contributed by atoms with Crippen LogP contribution in [-0.4, -0.2) is 25.9 Å². The highest BCUT2D eigenvalue weighted by atomic mass is 16.5. The summed E-state index contributed by atoms with van der Waals surface area (Å²) >= 11 is 0. The second-order valence-corrected chi connectivity index (χ2v) is 5.77. The fraction of sp³-hybridized carbons (Fsp3) is 0.190. The first-order chi connectivity index (χ1) is 12.6. The van der Waals surface area contributed by atoms with Crippen molar-refractivity contribution in [2.75, 3.05) is 21.3 Å². The maximum atomic E-state index is 13.2. The van der Waals surface area contributed by atoms with E-state index in [1.165, 1.54) is 0 Å². The molecule has 0 aliphatic carbocycles. The summed E-state index contributed by atoms with van der Waals surface area (Å²) in [5.74, 6) is 1.85. The summed E-state index contributed by atoms with van der Waals surface area (Å²) in [6.45, 7) is 4.37. The van der Waals surface area contributed by atoms with E-state index in [4.69, 9.17) is 14.2 Å². The highest BCUT2D eigenvalue weighted by molar-refractivity contribution is 5.90. The van der Waals surface area contributed by atoms with Gasteiger partial charge >= 0.3 is 0 Å². The van der Waals surface area contributed by atoms with E-state index in [1.54, 1.807) is 33.5 Å². The number of aromatic nitrogens is 1. The number of methoxy groups -OCH3 is 3. The Morgan fingerprint density at radius 1 is 1.00 bits per heavy atom. The molecule has 1 aromatic heterocycles. The van der Waals surface area contributed by atoms with Gasteiger partial charge in [-0.15, -0.1) is 6.58 Å². The molecule has 0 saturated heterocycles. The molecule has 5 heteroatoms. The fourth-order valence-electron chi connectivity index (χ4n) is 2.99. The van der Waals surface area contributed by atoms with Crippen LogP contribution in [0.5, 0.6) is 17.2 Å². The molecule has 3 aromatic rings. The minimum Gasteiger partial charge on any atom is -0.497 e. The Morgan fingerprint density at radius 3 is 2.27 bits per heavy atom. The third kappa shape index (κ3) is 3.04. The Morgan fingerprint density at radius 2 is 1.69 bits per heavy atom. The third-order valence-corrected chi connectivity index (χ3v) is 4.30. The van der Waals surface area contributed by atoms with Crippen LogP contribution in [0.2, 0.25) is 0 Å². The van der Waals surface area contributed by atoms with Gasteiger partial charge in [-0.1, -0.05) is 18.2 Å². The predicted molar refractivity (Wildman–Crippen MR) is 103 cm³/mol.